The van der Waals surface area contributed by atoms with Gasteiger partial charge in [-0.3, -0.25) is 0 Å². The summed E-state index contributed by atoms with van der Waals surface area (Å²) in [6, 6.07) is 5.25. The van der Waals surface area contributed by atoms with E-state index in [1.54, 1.807) is 6.07 Å². The Labute approximate surface area is 81.6 Å². The lowest BCUT2D eigenvalue weighted by atomic mass is 10.0. The van der Waals surface area contributed by atoms with Crippen molar-refractivity contribution < 1.29 is 9.90 Å². The van der Waals surface area contributed by atoms with Gasteiger partial charge in [0.15, 0.2) is 0 Å². The Kier molecular flexibility index (Phi) is 1.97. The number of hydrogen-bond acceptors (Lipinski definition) is 2. The summed E-state index contributed by atoms with van der Waals surface area (Å²) in [5.74, 6) is -0.930. The van der Waals surface area contributed by atoms with Crippen LogP contribution in [0, 0.1) is 11.3 Å². The molecule has 0 spiro atoms. The molecule has 0 unspecified atom stereocenters. The second-order valence-electron chi connectivity index (χ2n) is 3.43. The first-order valence-electron chi connectivity index (χ1n) is 4.51. The van der Waals surface area contributed by atoms with Gasteiger partial charge < -0.3 is 5.11 Å². The predicted molar refractivity (Wildman–Crippen MR) is 50.1 cm³/mol. The molecule has 1 aliphatic carbocycles. The molecule has 0 amide bonds. The van der Waals surface area contributed by atoms with Gasteiger partial charge in [-0.05, 0) is 42.5 Å². The van der Waals surface area contributed by atoms with Gasteiger partial charge >= 0.3 is 5.97 Å². The third kappa shape index (κ3) is 1.25. The molecule has 14 heavy (non-hydrogen) atoms. The van der Waals surface area contributed by atoms with Crippen molar-refractivity contribution in [1.29, 1.82) is 5.26 Å². The van der Waals surface area contributed by atoms with Gasteiger partial charge in [0.05, 0.1) is 17.2 Å². The van der Waals surface area contributed by atoms with Gasteiger partial charge in [0, 0.05) is 0 Å². The van der Waals surface area contributed by atoms with Crippen LogP contribution < -0.4 is 0 Å². The molecule has 0 heterocycles. The number of carbonyl (C=O) groups is 1. The number of hydrogen-bond donors (Lipinski definition) is 1. The van der Waals surface area contributed by atoms with E-state index in [1.807, 2.05) is 6.07 Å². The first-order valence-corrected chi connectivity index (χ1v) is 4.51. The largest absolute Gasteiger partial charge is 0.478 e. The molecule has 1 N–H and O–H groups in total. The zero-order valence-corrected chi connectivity index (χ0v) is 7.58. The quantitative estimate of drug-likeness (QED) is 0.728. The van der Waals surface area contributed by atoms with Crippen LogP contribution in [0.1, 0.15) is 33.5 Å². The summed E-state index contributed by atoms with van der Waals surface area (Å²) in [6.45, 7) is 0. The molecule has 3 heteroatoms. The van der Waals surface area contributed by atoms with Crippen molar-refractivity contribution in [3.8, 4) is 6.07 Å². The molecule has 0 saturated heterocycles. The standard InChI is InChI=1S/C11H9NO2/c12-6-7-4-8-2-1-3-9(8)10(5-7)11(13)14/h4-5H,1-3H2,(H,13,14). The summed E-state index contributed by atoms with van der Waals surface area (Å²) in [7, 11) is 0. The summed E-state index contributed by atoms with van der Waals surface area (Å²) < 4.78 is 0. The lowest BCUT2D eigenvalue weighted by Gasteiger charge is -2.04. The fourth-order valence-corrected chi connectivity index (χ4v) is 1.96. The van der Waals surface area contributed by atoms with Crippen LogP contribution in [0.25, 0.3) is 0 Å². The lowest BCUT2D eigenvalue weighted by Crippen LogP contribution is -2.02. The van der Waals surface area contributed by atoms with Crippen LogP contribution in [-0.4, -0.2) is 11.1 Å². The Balaban J connectivity index is 2.64. The van der Waals surface area contributed by atoms with E-state index < -0.39 is 5.97 Å². The minimum atomic E-state index is -0.930. The molecule has 1 aliphatic rings. The number of nitriles is 1. The third-order valence-corrected chi connectivity index (χ3v) is 2.57. The molecule has 0 fully saturated rings. The average Bonchev–Trinajstić information content (AvgIpc) is 2.63. The molecule has 0 aromatic heterocycles. The summed E-state index contributed by atoms with van der Waals surface area (Å²) >= 11 is 0. The van der Waals surface area contributed by atoms with E-state index >= 15 is 0 Å². The van der Waals surface area contributed by atoms with Gasteiger partial charge in [0.1, 0.15) is 0 Å². The van der Waals surface area contributed by atoms with Crippen LogP contribution in [-0.2, 0) is 12.8 Å². The molecule has 1 aromatic carbocycles. The van der Waals surface area contributed by atoms with Gasteiger partial charge in [-0.15, -0.1) is 0 Å². The molecule has 0 radical (unpaired) electrons. The Morgan fingerprint density at radius 2 is 2.21 bits per heavy atom. The summed E-state index contributed by atoms with van der Waals surface area (Å²) in [5.41, 5.74) is 2.69. The first kappa shape index (κ1) is 8.76. The van der Waals surface area contributed by atoms with Crippen LogP contribution in [0.3, 0.4) is 0 Å². The molecular weight excluding hydrogens is 178 g/mol. The maximum Gasteiger partial charge on any atom is 0.336 e. The second-order valence-corrected chi connectivity index (χ2v) is 3.43. The molecule has 1 aromatic rings. The van der Waals surface area contributed by atoms with Crippen LogP contribution in [0.5, 0.6) is 0 Å². The number of nitrogens with zero attached hydrogens (tertiary/aromatic N) is 1. The number of carboxylic acid groups (broad SMARTS) is 1. The monoisotopic (exact) mass is 187 g/mol. The van der Waals surface area contributed by atoms with E-state index in [0.29, 0.717) is 11.1 Å². The fraction of sp³-hybridized carbons (Fsp3) is 0.273. The lowest BCUT2D eigenvalue weighted by molar-refractivity contribution is 0.0695. The number of rotatable bonds is 1. The number of aromatic carboxylic acids is 1. The van der Waals surface area contributed by atoms with Crippen LogP contribution >= 0.6 is 0 Å². The summed E-state index contributed by atoms with van der Waals surface area (Å²) in [4.78, 5) is 10.9. The smallest absolute Gasteiger partial charge is 0.336 e. The van der Waals surface area contributed by atoms with E-state index in [0.717, 1.165) is 30.4 Å². The zero-order valence-electron chi connectivity index (χ0n) is 7.58. The minimum absolute atomic E-state index is 0.302. The van der Waals surface area contributed by atoms with Crippen LogP contribution in [0.2, 0.25) is 0 Å². The normalized spacial score (nSPS) is 13.4. The highest BCUT2D eigenvalue weighted by Crippen LogP contribution is 2.26. The molecule has 0 atom stereocenters. The highest BCUT2D eigenvalue weighted by Gasteiger charge is 2.19. The molecule has 0 aliphatic heterocycles. The van der Waals surface area contributed by atoms with E-state index in [9.17, 15) is 4.79 Å². The first-order chi connectivity index (χ1) is 6.72. The Hall–Kier alpha value is -1.82. The predicted octanol–water partition coefficient (Wildman–Crippen LogP) is 1.75. The summed E-state index contributed by atoms with van der Waals surface area (Å²) in [5, 5.41) is 17.7. The SMILES string of the molecule is N#Cc1cc2c(c(C(=O)O)c1)CCC2. The maximum absolute atomic E-state index is 10.9. The van der Waals surface area contributed by atoms with Crippen molar-refractivity contribution in [2.75, 3.05) is 0 Å². The van der Waals surface area contributed by atoms with Crippen molar-refractivity contribution in [2.45, 2.75) is 19.3 Å². The molecule has 70 valence electrons. The number of carboxylic acids is 1. The topological polar surface area (TPSA) is 61.1 Å². The maximum atomic E-state index is 10.9. The van der Waals surface area contributed by atoms with Gasteiger partial charge in [-0.1, -0.05) is 0 Å². The fourth-order valence-electron chi connectivity index (χ4n) is 1.96. The van der Waals surface area contributed by atoms with Gasteiger partial charge in [0.2, 0.25) is 0 Å². The van der Waals surface area contributed by atoms with Crippen molar-refractivity contribution in [3.63, 3.8) is 0 Å². The van der Waals surface area contributed by atoms with Crippen LogP contribution in [0.4, 0.5) is 0 Å². The molecule has 0 bridgehead atoms. The number of fused-ring (bicyclic) bond motifs is 1. The van der Waals surface area contributed by atoms with Gasteiger partial charge in [-0.2, -0.15) is 5.26 Å². The van der Waals surface area contributed by atoms with Gasteiger partial charge in [0.25, 0.3) is 0 Å². The highest BCUT2D eigenvalue weighted by atomic mass is 16.4. The van der Waals surface area contributed by atoms with E-state index in [-0.39, 0.29) is 0 Å². The molecular formula is C11H9NO2. The zero-order chi connectivity index (χ0) is 10.1. The molecule has 0 saturated carbocycles. The van der Waals surface area contributed by atoms with Crippen molar-refractivity contribution in [1.82, 2.24) is 0 Å². The van der Waals surface area contributed by atoms with Crippen molar-refractivity contribution in [2.24, 2.45) is 0 Å². The number of aryl methyl sites for hydroxylation is 1. The summed E-state index contributed by atoms with van der Waals surface area (Å²) in [6.07, 6.45) is 2.71. The van der Waals surface area contributed by atoms with E-state index in [4.69, 9.17) is 10.4 Å². The second kappa shape index (κ2) is 3.15. The van der Waals surface area contributed by atoms with Crippen molar-refractivity contribution >= 4 is 5.97 Å². The van der Waals surface area contributed by atoms with Gasteiger partial charge in [-0.25, -0.2) is 4.79 Å². The van der Waals surface area contributed by atoms with Crippen molar-refractivity contribution in [3.05, 3.63) is 34.4 Å². The third-order valence-electron chi connectivity index (χ3n) is 2.57. The van der Waals surface area contributed by atoms with E-state index in [1.165, 1.54) is 6.07 Å². The molecule has 2 rings (SSSR count). The molecule has 3 nitrogen and oxygen atoms in total. The number of benzene rings is 1. The minimum Gasteiger partial charge on any atom is -0.478 e. The van der Waals surface area contributed by atoms with E-state index in [2.05, 4.69) is 0 Å². The highest BCUT2D eigenvalue weighted by molar-refractivity contribution is 5.90. The Morgan fingerprint density at radius 1 is 1.43 bits per heavy atom. The Bertz CT molecular complexity index is 443. The van der Waals surface area contributed by atoms with Crippen LogP contribution in [0.15, 0.2) is 12.1 Å². The average molecular weight is 187 g/mol. The Morgan fingerprint density at radius 3 is 2.86 bits per heavy atom.